The number of halogens is 3. The highest BCUT2D eigenvalue weighted by Crippen LogP contribution is 2.34. The van der Waals surface area contributed by atoms with Gasteiger partial charge in [-0.15, -0.1) is 0 Å². The van der Waals surface area contributed by atoms with Gasteiger partial charge in [0, 0.05) is 35.5 Å². The molecule has 0 aliphatic carbocycles. The van der Waals surface area contributed by atoms with Crippen molar-refractivity contribution in [2.24, 2.45) is 7.05 Å². The summed E-state index contributed by atoms with van der Waals surface area (Å²) < 4.78 is 28.1. The maximum atomic E-state index is 13.1. The highest BCUT2D eigenvalue weighted by Gasteiger charge is 2.17. The predicted molar refractivity (Wildman–Crippen MR) is 76.1 cm³/mol. The Bertz CT molecular complexity index is 781. The van der Waals surface area contributed by atoms with Gasteiger partial charge >= 0.3 is 0 Å². The second-order valence-electron chi connectivity index (χ2n) is 4.54. The number of hydrogen-bond acceptors (Lipinski definition) is 1. The van der Waals surface area contributed by atoms with E-state index in [0.717, 1.165) is 16.6 Å². The van der Waals surface area contributed by atoms with E-state index < -0.39 is 6.43 Å². The maximum absolute atomic E-state index is 13.1. The normalized spacial score (nSPS) is 11.4. The minimum absolute atomic E-state index is 0.0254. The van der Waals surface area contributed by atoms with Crippen LogP contribution in [0.25, 0.3) is 22.2 Å². The molecule has 0 fully saturated rings. The molecule has 3 rings (SSSR count). The van der Waals surface area contributed by atoms with Crippen LogP contribution in [0.4, 0.5) is 8.78 Å². The number of aryl methyl sites for hydroxylation is 1. The van der Waals surface area contributed by atoms with Gasteiger partial charge in [0.25, 0.3) is 6.43 Å². The molecule has 3 aromatic rings. The number of benzene rings is 1. The van der Waals surface area contributed by atoms with Gasteiger partial charge in [-0.1, -0.05) is 35.9 Å². The maximum Gasteiger partial charge on any atom is 0.264 e. The molecule has 1 aromatic carbocycles. The first-order chi connectivity index (χ1) is 9.58. The molecule has 0 atom stereocenters. The monoisotopic (exact) mass is 292 g/mol. The van der Waals surface area contributed by atoms with Gasteiger partial charge in [0.2, 0.25) is 0 Å². The summed E-state index contributed by atoms with van der Waals surface area (Å²) in [7, 11) is 1.83. The molecule has 0 aliphatic rings. The van der Waals surface area contributed by atoms with E-state index in [9.17, 15) is 8.78 Å². The van der Waals surface area contributed by atoms with Crippen LogP contribution in [0.15, 0.2) is 42.6 Å². The molecule has 2 aromatic heterocycles. The predicted octanol–water partition coefficient (Wildman–Crippen LogP) is 4.83. The lowest BCUT2D eigenvalue weighted by Crippen LogP contribution is -1.95. The van der Waals surface area contributed by atoms with Gasteiger partial charge in [-0.2, -0.15) is 0 Å². The van der Waals surface area contributed by atoms with E-state index in [4.69, 9.17) is 11.6 Å². The molecule has 0 bridgehead atoms. The largest absolute Gasteiger partial charge is 0.343 e. The van der Waals surface area contributed by atoms with Gasteiger partial charge in [-0.05, 0) is 12.1 Å². The molecular formula is C15H11ClF2N2. The van der Waals surface area contributed by atoms with Crippen LogP contribution in [0, 0.1) is 0 Å². The molecular weight excluding hydrogens is 282 g/mol. The molecule has 20 heavy (non-hydrogen) atoms. The fourth-order valence-electron chi connectivity index (χ4n) is 2.39. The SMILES string of the molecule is Cn1c(-c2ccccc2C(F)F)cc2cnc(Cl)cc21. The van der Waals surface area contributed by atoms with E-state index in [-0.39, 0.29) is 5.56 Å². The lowest BCUT2D eigenvalue weighted by Gasteiger charge is -2.10. The molecule has 0 aliphatic heterocycles. The second kappa shape index (κ2) is 4.87. The third kappa shape index (κ3) is 2.06. The van der Waals surface area contributed by atoms with Crippen molar-refractivity contribution >= 4 is 22.5 Å². The molecule has 5 heteroatoms. The molecule has 0 unspecified atom stereocenters. The van der Waals surface area contributed by atoms with Crippen molar-refractivity contribution in [3.63, 3.8) is 0 Å². The van der Waals surface area contributed by atoms with E-state index in [1.165, 1.54) is 6.07 Å². The summed E-state index contributed by atoms with van der Waals surface area (Å²) in [6.45, 7) is 0. The molecule has 0 N–H and O–H groups in total. The summed E-state index contributed by atoms with van der Waals surface area (Å²) in [5.41, 5.74) is 2.14. The number of nitrogens with zero attached hydrogens (tertiary/aromatic N) is 2. The highest BCUT2D eigenvalue weighted by molar-refractivity contribution is 6.30. The lowest BCUT2D eigenvalue weighted by molar-refractivity contribution is 0.152. The minimum Gasteiger partial charge on any atom is -0.343 e. The van der Waals surface area contributed by atoms with E-state index in [1.807, 2.05) is 17.7 Å². The average Bonchev–Trinajstić information content (AvgIpc) is 2.76. The van der Waals surface area contributed by atoms with Crippen molar-refractivity contribution in [3.05, 3.63) is 53.3 Å². The molecule has 2 nitrogen and oxygen atoms in total. The van der Waals surface area contributed by atoms with Gasteiger partial charge in [0.05, 0.1) is 5.52 Å². The van der Waals surface area contributed by atoms with E-state index in [0.29, 0.717) is 10.7 Å². The number of alkyl halides is 2. The molecule has 2 heterocycles. The first-order valence-electron chi connectivity index (χ1n) is 6.06. The zero-order valence-electron chi connectivity index (χ0n) is 10.6. The molecule has 0 amide bonds. The zero-order chi connectivity index (χ0) is 14.3. The van der Waals surface area contributed by atoms with Gasteiger partial charge in [0.15, 0.2) is 0 Å². The summed E-state index contributed by atoms with van der Waals surface area (Å²) >= 11 is 5.88. The number of rotatable bonds is 2. The van der Waals surface area contributed by atoms with Crippen LogP contribution in [0.2, 0.25) is 5.15 Å². The van der Waals surface area contributed by atoms with Crippen LogP contribution in [0.1, 0.15) is 12.0 Å². The summed E-state index contributed by atoms with van der Waals surface area (Å²) in [5.74, 6) is 0. The van der Waals surface area contributed by atoms with Gasteiger partial charge in [0.1, 0.15) is 5.15 Å². The Kier molecular flexibility index (Phi) is 3.18. The summed E-state index contributed by atoms with van der Waals surface area (Å²) in [5, 5.41) is 1.25. The van der Waals surface area contributed by atoms with E-state index >= 15 is 0 Å². The van der Waals surface area contributed by atoms with E-state index in [1.54, 1.807) is 30.5 Å². The third-order valence-electron chi connectivity index (χ3n) is 3.37. The van der Waals surface area contributed by atoms with Crippen molar-refractivity contribution in [1.82, 2.24) is 9.55 Å². The molecule has 102 valence electrons. The lowest BCUT2D eigenvalue weighted by atomic mass is 10.0. The van der Waals surface area contributed by atoms with Gasteiger partial charge < -0.3 is 4.57 Å². The van der Waals surface area contributed by atoms with Crippen LogP contribution in [0.5, 0.6) is 0 Å². The Labute approximate surface area is 119 Å². The Morgan fingerprint density at radius 3 is 2.70 bits per heavy atom. The van der Waals surface area contributed by atoms with E-state index in [2.05, 4.69) is 4.98 Å². The van der Waals surface area contributed by atoms with Crippen molar-refractivity contribution in [2.45, 2.75) is 6.43 Å². The van der Waals surface area contributed by atoms with Crippen LogP contribution < -0.4 is 0 Å². The number of pyridine rings is 1. The Morgan fingerprint density at radius 1 is 1.20 bits per heavy atom. The molecule has 0 saturated heterocycles. The van der Waals surface area contributed by atoms with Crippen molar-refractivity contribution < 1.29 is 8.78 Å². The average molecular weight is 293 g/mol. The standard InChI is InChI=1S/C15H11ClF2N2/c1-20-12-7-14(16)19-8-9(12)6-13(20)10-4-2-3-5-11(10)15(17)18/h2-8,15H,1H3. The first-order valence-corrected chi connectivity index (χ1v) is 6.44. The number of aromatic nitrogens is 2. The highest BCUT2D eigenvalue weighted by atomic mass is 35.5. The summed E-state index contributed by atoms with van der Waals surface area (Å²) in [6, 6.07) is 10.1. The fraction of sp³-hybridized carbons (Fsp3) is 0.133. The Morgan fingerprint density at radius 2 is 1.95 bits per heavy atom. The first kappa shape index (κ1) is 13.1. The quantitative estimate of drug-likeness (QED) is 0.619. The smallest absolute Gasteiger partial charge is 0.264 e. The van der Waals surface area contributed by atoms with Crippen LogP contribution in [0.3, 0.4) is 0 Å². The van der Waals surface area contributed by atoms with Crippen molar-refractivity contribution in [1.29, 1.82) is 0 Å². The van der Waals surface area contributed by atoms with Crippen LogP contribution in [-0.2, 0) is 7.05 Å². The zero-order valence-corrected chi connectivity index (χ0v) is 11.4. The number of hydrogen-bond donors (Lipinski definition) is 0. The number of fused-ring (bicyclic) bond motifs is 1. The summed E-state index contributed by atoms with van der Waals surface area (Å²) in [6.07, 6.45) is -0.863. The summed E-state index contributed by atoms with van der Waals surface area (Å²) in [4.78, 5) is 4.02. The van der Waals surface area contributed by atoms with Crippen LogP contribution >= 0.6 is 11.6 Å². The molecule has 0 spiro atoms. The molecule has 0 radical (unpaired) electrons. The van der Waals surface area contributed by atoms with Crippen molar-refractivity contribution in [3.8, 4) is 11.3 Å². The second-order valence-corrected chi connectivity index (χ2v) is 4.93. The minimum atomic E-state index is -2.51. The third-order valence-corrected chi connectivity index (χ3v) is 3.57. The fourth-order valence-corrected chi connectivity index (χ4v) is 2.54. The van der Waals surface area contributed by atoms with Gasteiger partial charge in [-0.3, -0.25) is 0 Å². The van der Waals surface area contributed by atoms with Crippen molar-refractivity contribution in [2.75, 3.05) is 0 Å². The Hall–Kier alpha value is -1.94. The topological polar surface area (TPSA) is 17.8 Å². The molecule has 0 saturated carbocycles. The van der Waals surface area contributed by atoms with Gasteiger partial charge in [-0.25, -0.2) is 13.8 Å². The van der Waals surface area contributed by atoms with Crippen LogP contribution in [-0.4, -0.2) is 9.55 Å². The Balaban J connectivity index is 2.28.